The summed E-state index contributed by atoms with van der Waals surface area (Å²) in [6.07, 6.45) is 5.00. The molecule has 3 aliphatic heterocycles. The predicted octanol–water partition coefficient (Wildman–Crippen LogP) is 5.14. The summed E-state index contributed by atoms with van der Waals surface area (Å²) in [5, 5.41) is 23.5. The maximum atomic E-state index is 17.0. The van der Waals surface area contributed by atoms with E-state index in [-0.39, 0.29) is 47.4 Å². The SMILES string of the molecule is CCc1c(F)ccc2cc(O)cc(-c3ncc4c(N5CCCN/C(=C\C(=N)C(=O)N(C)C)C5)nc(OC[C@@]56CCCN5C[C@H](F)C6)nc4c3F)c12. The minimum absolute atomic E-state index is 0.0835. The van der Waals surface area contributed by atoms with Crippen LogP contribution in [0, 0.1) is 17.0 Å². The maximum Gasteiger partial charge on any atom is 0.319 e. The molecule has 2 aromatic carbocycles. The number of benzene rings is 2. The zero-order chi connectivity index (χ0) is 36.0. The van der Waals surface area contributed by atoms with E-state index in [2.05, 4.69) is 20.2 Å². The summed E-state index contributed by atoms with van der Waals surface area (Å²) in [4.78, 5) is 31.7. The molecule has 0 unspecified atom stereocenters. The van der Waals surface area contributed by atoms with Gasteiger partial charge in [-0.15, -0.1) is 0 Å². The molecule has 7 rings (SSSR count). The third-order valence-electron chi connectivity index (χ3n) is 10.2. The first-order valence-electron chi connectivity index (χ1n) is 17.3. The first-order chi connectivity index (χ1) is 24.5. The van der Waals surface area contributed by atoms with Gasteiger partial charge in [-0.3, -0.25) is 20.1 Å². The van der Waals surface area contributed by atoms with E-state index in [1.54, 1.807) is 27.1 Å². The molecule has 14 heteroatoms. The molecule has 51 heavy (non-hydrogen) atoms. The molecule has 0 radical (unpaired) electrons. The Hall–Kier alpha value is -4.98. The average Bonchev–Trinajstić information content (AvgIpc) is 3.52. The van der Waals surface area contributed by atoms with Gasteiger partial charge in [0.15, 0.2) is 5.82 Å². The average molecular weight is 703 g/mol. The summed E-state index contributed by atoms with van der Waals surface area (Å²) in [5.41, 5.74) is 0.300. The molecule has 268 valence electrons. The molecule has 2 aromatic heterocycles. The monoisotopic (exact) mass is 702 g/mol. The second-order valence-corrected chi connectivity index (χ2v) is 13.8. The number of halogens is 3. The van der Waals surface area contributed by atoms with Crippen LogP contribution in [-0.2, 0) is 11.2 Å². The van der Waals surface area contributed by atoms with Crippen LogP contribution in [0.3, 0.4) is 0 Å². The molecule has 0 aliphatic carbocycles. The molecule has 3 saturated heterocycles. The number of rotatable bonds is 8. The van der Waals surface area contributed by atoms with Crippen LogP contribution in [0.15, 0.2) is 42.2 Å². The van der Waals surface area contributed by atoms with Crippen LogP contribution >= 0.6 is 0 Å². The first kappa shape index (κ1) is 34.5. The van der Waals surface area contributed by atoms with Gasteiger partial charge in [-0.25, -0.2) is 13.2 Å². The first-order valence-corrected chi connectivity index (χ1v) is 17.3. The minimum Gasteiger partial charge on any atom is -0.508 e. The van der Waals surface area contributed by atoms with Crippen molar-refractivity contribution in [3.63, 3.8) is 0 Å². The minimum atomic E-state index is -0.962. The van der Waals surface area contributed by atoms with Crippen molar-refractivity contribution in [3.8, 4) is 23.0 Å². The lowest BCUT2D eigenvalue weighted by atomic mass is 9.94. The van der Waals surface area contributed by atoms with Gasteiger partial charge in [0.2, 0.25) is 0 Å². The van der Waals surface area contributed by atoms with Crippen molar-refractivity contribution >= 4 is 39.1 Å². The smallest absolute Gasteiger partial charge is 0.319 e. The van der Waals surface area contributed by atoms with Crippen LogP contribution < -0.4 is 15.0 Å². The number of nitrogens with one attached hydrogen (secondary N) is 2. The van der Waals surface area contributed by atoms with Gasteiger partial charge in [-0.1, -0.05) is 13.0 Å². The molecule has 5 heterocycles. The zero-order valence-electron chi connectivity index (χ0n) is 28.9. The highest BCUT2D eigenvalue weighted by Gasteiger charge is 2.49. The Balaban J connectivity index is 1.36. The number of aryl methyl sites for hydroxylation is 1. The van der Waals surface area contributed by atoms with Gasteiger partial charge < -0.3 is 25.0 Å². The highest BCUT2D eigenvalue weighted by atomic mass is 19.1. The van der Waals surface area contributed by atoms with Crippen molar-refractivity contribution in [1.82, 2.24) is 30.1 Å². The van der Waals surface area contributed by atoms with Gasteiger partial charge in [0.05, 0.1) is 17.5 Å². The number of alkyl halides is 1. The number of aromatic hydroxyl groups is 1. The van der Waals surface area contributed by atoms with E-state index in [1.807, 2.05) is 4.90 Å². The van der Waals surface area contributed by atoms with Gasteiger partial charge in [-0.05, 0) is 72.8 Å². The number of fused-ring (bicyclic) bond motifs is 3. The third kappa shape index (κ3) is 6.41. The number of hydrogen-bond acceptors (Lipinski definition) is 10. The molecule has 3 N–H and O–H groups in total. The highest BCUT2D eigenvalue weighted by molar-refractivity contribution is 6.42. The molecule has 0 spiro atoms. The van der Waals surface area contributed by atoms with E-state index in [0.717, 1.165) is 19.4 Å². The molecule has 0 bridgehead atoms. The summed E-state index contributed by atoms with van der Waals surface area (Å²) < 4.78 is 52.9. The molecule has 1 amide bonds. The van der Waals surface area contributed by atoms with E-state index in [9.17, 15) is 14.3 Å². The number of carbonyl (C=O) groups excluding carboxylic acids is 1. The molecule has 4 aromatic rings. The van der Waals surface area contributed by atoms with Crippen molar-refractivity contribution in [1.29, 1.82) is 5.41 Å². The number of aromatic nitrogens is 3. The maximum absolute atomic E-state index is 17.0. The number of anilines is 1. The van der Waals surface area contributed by atoms with Gasteiger partial charge in [0.25, 0.3) is 5.91 Å². The zero-order valence-corrected chi connectivity index (χ0v) is 28.9. The van der Waals surface area contributed by atoms with E-state index in [4.69, 9.17) is 15.1 Å². The summed E-state index contributed by atoms with van der Waals surface area (Å²) in [6, 6.07) is 5.66. The number of amides is 1. The van der Waals surface area contributed by atoms with Crippen molar-refractivity contribution < 1.29 is 27.8 Å². The van der Waals surface area contributed by atoms with Gasteiger partial charge in [-0.2, -0.15) is 9.97 Å². The fraction of sp³-hybridized carbons (Fsp3) is 0.432. The number of nitrogens with zero attached hydrogens (tertiary/aromatic N) is 6. The quantitative estimate of drug-likeness (QED) is 0.214. The predicted molar refractivity (Wildman–Crippen MR) is 189 cm³/mol. The van der Waals surface area contributed by atoms with Crippen LogP contribution in [0.5, 0.6) is 11.8 Å². The highest BCUT2D eigenvalue weighted by Crippen LogP contribution is 2.42. The number of ether oxygens (including phenoxy) is 1. The van der Waals surface area contributed by atoms with Crippen molar-refractivity contribution in [2.75, 3.05) is 58.3 Å². The number of phenols is 1. The molecule has 3 aliphatic rings. The fourth-order valence-electron chi connectivity index (χ4n) is 7.81. The van der Waals surface area contributed by atoms with Crippen molar-refractivity contribution in [2.24, 2.45) is 0 Å². The van der Waals surface area contributed by atoms with Gasteiger partial charge in [0.1, 0.15) is 47.1 Å². The largest absolute Gasteiger partial charge is 0.508 e. The number of phenolic OH excluding ortho intramolecular Hbond substituents is 1. The Morgan fingerprint density at radius 2 is 2.04 bits per heavy atom. The van der Waals surface area contributed by atoms with Crippen LogP contribution in [0.25, 0.3) is 32.9 Å². The van der Waals surface area contributed by atoms with E-state index in [0.29, 0.717) is 72.1 Å². The molecular weight excluding hydrogens is 661 g/mol. The lowest BCUT2D eigenvalue weighted by molar-refractivity contribution is -0.121. The molecule has 2 atom stereocenters. The second kappa shape index (κ2) is 13.6. The van der Waals surface area contributed by atoms with Crippen LogP contribution in [0.1, 0.15) is 38.2 Å². The third-order valence-corrected chi connectivity index (χ3v) is 10.2. The van der Waals surface area contributed by atoms with E-state index < -0.39 is 29.3 Å². The van der Waals surface area contributed by atoms with Crippen molar-refractivity contribution in [3.05, 3.63) is 59.4 Å². The molecule has 0 saturated carbocycles. The van der Waals surface area contributed by atoms with Crippen LogP contribution in [-0.4, -0.2) is 107 Å². The molecule has 11 nitrogen and oxygen atoms in total. The number of hydrogen-bond donors (Lipinski definition) is 3. The Kier molecular flexibility index (Phi) is 9.21. The van der Waals surface area contributed by atoms with Gasteiger partial charge >= 0.3 is 6.01 Å². The summed E-state index contributed by atoms with van der Waals surface area (Å²) in [7, 11) is 3.16. The standard InChI is InChI=1S/C37H41F3N8O3/c1-4-25-28(39)8-7-21-13-24(49)15-26(30(21)25)32-31(40)33-27(17-43-32)34(47-11-6-10-42-23(19-47)14-29(41)35(50)46(2)3)45-36(44-33)51-20-37-9-5-12-48(37)18-22(38)16-37/h7-8,13-15,17,22,41-42,49H,4-6,9-12,16,18-20H2,1-3H3/b23-14-,41-29?/t22-,37+/m1/s1. The van der Waals surface area contributed by atoms with Crippen molar-refractivity contribution in [2.45, 2.75) is 50.7 Å². The molecular formula is C37H41F3N8O3. The van der Waals surface area contributed by atoms with Crippen LogP contribution in [0.2, 0.25) is 0 Å². The van der Waals surface area contributed by atoms with E-state index >= 15 is 8.78 Å². The Morgan fingerprint density at radius 1 is 1.22 bits per heavy atom. The summed E-state index contributed by atoms with van der Waals surface area (Å²) in [6.45, 7) is 4.33. The van der Waals surface area contributed by atoms with E-state index in [1.165, 1.54) is 35.4 Å². The number of carbonyl (C=O) groups is 1. The lowest BCUT2D eigenvalue weighted by Gasteiger charge is -2.31. The number of pyridine rings is 1. The second-order valence-electron chi connectivity index (χ2n) is 13.8. The van der Waals surface area contributed by atoms with Crippen LogP contribution in [0.4, 0.5) is 19.0 Å². The fourth-order valence-corrected chi connectivity index (χ4v) is 7.81. The molecule has 3 fully saturated rings. The summed E-state index contributed by atoms with van der Waals surface area (Å²) in [5.74, 6) is -1.48. The Labute approximate surface area is 293 Å². The summed E-state index contributed by atoms with van der Waals surface area (Å²) >= 11 is 0. The van der Waals surface area contributed by atoms with Gasteiger partial charge in [0, 0.05) is 57.6 Å². The Morgan fingerprint density at radius 3 is 2.82 bits per heavy atom. The normalized spacial score (nSPS) is 21.6. The Bertz CT molecular complexity index is 2070. The topological polar surface area (TPSA) is 131 Å². The lowest BCUT2D eigenvalue weighted by Crippen LogP contribution is -2.43.